The second-order valence-corrected chi connectivity index (χ2v) is 10.8. The van der Waals surface area contributed by atoms with Gasteiger partial charge in [0.15, 0.2) is 0 Å². The molecular weight excluding hydrogens is 534 g/mol. The molecule has 2 heterocycles. The number of amides is 1. The van der Waals surface area contributed by atoms with Crippen LogP contribution >= 0.6 is 0 Å². The zero-order chi connectivity index (χ0) is 28.3. The normalized spacial score (nSPS) is 15.2. The fourth-order valence-electron chi connectivity index (χ4n) is 4.36. The number of aryl methyl sites for hydroxylation is 1. The summed E-state index contributed by atoms with van der Waals surface area (Å²) >= 11 is 0. The highest BCUT2D eigenvalue weighted by Crippen LogP contribution is 2.33. The molecule has 1 aliphatic heterocycles. The van der Waals surface area contributed by atoms with Gasteiger partial charge in [0.25, 0.3) is 10.0 Å². The van der Waals surface area contributed by atoms with Crippen molar-refractivity contribution in [2.24, 2.45) is 0 Å². The Morgan fingerprint density at radius 3 is 2.59 bits per heavy atom. The van der Waals surface area contributed by atoms with Crippen molar-refractivity contribution in [3.8, 4) is 11.5 Å². The molecule has 4 rings (SSSR count). The summed E-state index contributed by atoms with van der Waals surface area (Å²) in [7, 11) is -1.72. The van der Waals surface area contributed by atoms with Crippen molar-refractivity contribution >= 4 is 27.6 Å². The molecule has 2 N–H and O–H groups in total. The third-order valence-electron chi connectivity index (χ3n) is 6.43. The zero-order valence-corrected chi connectivity index (χ0v) is 22.3. The van der Waals surface area contributed by atoms with Gasteiger partial charge < -0.3 is 24.8 Å². The fourth-order valence-corrected chi connectivity index (χ4v) is 5.89. The average Bonchev–Trinajstić information content (AvgIpc) is 3.38. The van der Waals surface area contributed by atoms with Gasteiger partial charge in [-0.1, -0.05) is 6.07 Å². The molecule has 1 saturated heterocycles. The summed E-state index contributed by atoms with van der Waals surface area (Å²) < 4.78 is 68.7. The summed E-state index contributed by atoms with van der Waals surface area (Å²) in [6, 6.07) is 10.5. The number of ether oxygens (including phenoxy) is 2. The van der Waals surface area contributed by atoms with Crippen molar-refractivity contribution < 1.29 is 36.6 Å². The molecule has 3 aromatic rings. The zero-order valence-electron chi connectivity index (χ0n) is 21.5. The van der Waals surface area contributed by atoms with Crippen LogP contribution in [-0.4, -0.2) is 62.9 Å². The van der Waals surface area contributed by atoms with Gasteiger partial charge in [0.05, 0.1) is 20.8 Å². The molecule has 10 nitrogen and oxygen atoms in total. The Bertz CT molecular complexity index is 1490. The number of nitrogens with one attached hydrogen (secondary N) is 1. The molecule has 13 heteroatoms. The van der Waals surface area contributed by atoms with E-state index in [1.165, 1.54) is 37.3 Å². The lowest BCUT2D eigenvalue weighted by Crippen LogP contribution is -2.32. The van der Waals surface area contributed by atoms with Gasteiger partial charge in [0.1, 0.15) is 28.0 Å². The van der Waals surface area contributed by atoms with E-state index in [-0.39, 0.29) is 24.9 Å². The molecule has 1 atom stereocenters. The molecule has 1 unspecified atom stereocenters. The number of likely N-dealkylation sites (tertiary alicyclic amines) is 1. The van der Waals surface area contributed by atoms with Crippen LogP contribution < -0.4 is 19.1 Å². The molecule has 1 fully saturated rings. The first-order valence-electron chi connectivity index (χ1n) is 11.9. The van der Waals surface area contributed by atoms with Crippen LogP contribution in [0.1, 0.15) is 17.5 Å². The Morgan fingerprint density at radius 2 is 1.95 bits per heavy atom. The molecule has 0 radical (unpaired) electrons. The monoisotopic (exact) mass is 562 g/mol. The van der Waals surface area contributed by atoms with Crippen LogP contribution in [0.25, 0.3) is 0 Å². The van der Waals surface area contributed by atoms with E-state index in [0.717, 1.165) is 16.4 Å². The topological polar surface area (TPSA) is 121 Å². The van der Waals surface area contributed by atoms with E-state index >= 15 is 4.39 Å². The van der Waals surface area contributed by atoms with Crippen molar-refractivity contribution in [1.82, 2.24) is 9.88 Å². The standard InChI is InChI=1S/C26H28F2N4O6S/c1-16-11-23(20(27)13-21(16)29-18-9-10-31(15-18)26(33)34)39(35,36)32(25-6-4-5-24(28)30-25)14-17-7-8-19(37-2)12-22(17)38-3/h4-8,11-13,18,29H,9-10,14-15H2,1-3H3,(H,33,34). The number of hydrogen-bond acceptors (Lipinski definition) is 7. The summed E-state index contributed by atoms with van der Waals surface area (Å²) in [5.74, 6) is -1.38. The van der Waals surface area contributed by atoms with Crippen LogP contribution in [0.15, 0.2) is 53.4 Å². The predicted octanol–water partition coefficient (Wildman–Crippen LogP) is 4.25. The minimum absolute atomic E-state index is 0.221. The molecule has 208 valence electrons. The van der Waals surface area contributed by atoms with Gasteiger partial charge in [-0.2, -0.15) is 4.39 Å². The number of anilines is 2. The second kappa shape index (κ2) is 11.3. The third kappa shape index (κ3) is 5.98. The van der Waals surface area contributed by atoms with Gasteiger partial charge in [-0.15, -0.1) is 0 Å². The molecule has 1 amide bonds. The number of carbonyl (C=O) groups is 1. The highest BCUT2D eigenvalue weighted by molar-refractivity contribution is 7.92. The SMILES string of the molecule is COc1ccc(CN(c2cccc(F)n2)S(=O)(=O)c2cc(C)c(NC3CCN(C(=O)O)C3)cc2F)c(OC)c1. The number of rotatable bonds is 9. The van der Waals surface area contributed by atoms with Gasteiger partial charge >= 0.3 is 6.09 Å². The summed E-state index contributed by atoms with van der Waals surface area (Å²) in [5, 5.41) is 12.3. The number of hydrogen-bond donors (Lipinski definition) is 2. The Labute approximate surface area is 224 Å². The van der Waals surface area contributed by atoms with Gasteiger partial charge in [-0.3, -0.25) is 0 Å². The van der Waals surface area contributed by atoms with Gasteiger partial charge in [0.2, 0.25) is 5.95 Å². The number of aromatic nitrogens is 1. The van der Waals surface area contributed by atoms with Gasteiger partial charge in [0, 0.05) is 36.4 Å². The Hall–Kier alpha value is -4.13. The van der Waals surface area contributed by atoms with E-state index in [0.29, 0.717) is 41.3 Å². The third-order valence-corrected chi connectivity index (χ3v) is 8.19. The van der Waals surface area contributed by atoms with Crippen LogP contribution in [0.2, 0.25) is 0 Å². The maximum absolute atomic E-state index is 15.5. The summed E-state index contributed by atoms with van der Waals surface area (Å²) in [4.78, 5) is 15.6. The van der Waals surface area contributed by atoms with Crippen molar-refractivity contribution in [2.75, 3.05) is 36.9 Å². The quantitative estimate of drug-likeness (QED) is 0.372. The van der Waals surface area contributed by atoms with E-state index in [1.54, 1.807) is 25.1 Å². The van der Waals surface area contributed by atoms with Gasteiger partial charge in [-0.05, 0) is 55.3 Å². The van der Waals surface area contributed by atoms with E-state index in [1.807, 2.05) is 0 Å². The molecule has 0 aliphatic carbocycles. The highest BCUT2D eigenvalue weighted by atomic mass is 32.2. The Kier molecular flexibility index (Phi) is 8.09. The fraction of sp³-hybridized carbons (Fsp3) is 0.308. The molecule has 0 saturated carbocycles. The molecule has 1 aromatic heterocycles. The number of nitrogens with zero attached hydrogens (tertiary/aromatic N) is 3. The largest absolute Gasteiger partial charge is 0.497 e. The van der Waals surface area contributed by atoms with Gasteiger partial charge in [-0.25, -0.2) is 26.9 Å². The molecular formula is C26H28F2N4O6S. The summed E-state index contributed by atoms with van der Waals surface area (Å²) in [5.41, 5.74) is 1.18. The van der Waals surface area contributed by atoms with Crippen molar-refractivity contribution in [2.45, 2.75) is 30.8 Å². The molecule has 0 bridgehead atoms. The van der Waals surface area contributed by atoms with Crippen molar-refractivity contribution in [3.63, 3.8) is 0 Å². The number of benzene rings is 2. The minimum Gasteiger partial charge on any atom is -0.497 e. The first-order chi connectivity index (χ1) is 18.5. The van der Waals surface area contributed by atoms with Crippen LogP contribution in [0.3, 0.4) is 0 Å². The maximum Gasteiger partial charge on any atom is 0.407 e. The van der Waals surface area contributed by atoms with Crippen molar-refractivity contribution in [3.05, 3.63) is 71.4 Å². The Morgan fingerprint density at radius 1 is 1.18 bits per heavy atom. The predicted molar refractivity (Wildman–Crippen MR) is 140 cm³/mol. The van der Waals surface area contributed by atoms with Crippen molar-refractivity contribution in [1.29, 1.82) is 0 Å². The lowest BCUT2D eigenvalue weighted by Gasteiger charge is -2.25. The van der Waals surface area contributed by atoms with E-state index in [9.17, 15) is 22.7 Å². The molecule has 39 heavy (non-hydrogen) atoms. The first kappa shape index (κ1) is 27.9. The van der Waals surface area contributed by atoms with Crippen LogP contribution in [0.4, 0.5) is 25.1 Å². The molecule has 2 aromatic carbocycles. The number of sulfonamides is 1. The highest BCUT2D eigenvalue weighted by Gasteiger charge is 2.32. The summed E-state index contributed by atoms with van der Waals surface area (Å²) in [6.45, 7) is 1.84. The summed E-state index contributed by atoms with van der Waals surface area (Å²) in [6.07, 6.45) is -0.515. The number of carboxylic acid groups (broad SMARTS) is 1. The first-order valence-corrected chi connectivity index (χ1v) is 13.4. The van der Waals surface area contributed by atoms with Crippen LogP contribution in [0.5, 0.6) is 11.5 Å². The molecule has 1 aliphatic rings. The number of methoxy groups -OCH3 is 2. The lowest BCUT2D eigenvalue weighted by atomic mass is 10.1. The second-order valence-electron chi connectivity index (χ2n) is 8.96. The molecule has 0 spiro atoms. The number of halogens is 2. The van der Waals surface area contributed by atoms with E-state index < -0.39 is 32.8 Å². The number of pyridine rings is 1. The van der Waals surface area contributed by atoms with Crippen LogP contribution in [0, 0.1) is 18.7 Å². The van der Waals surface area contributed by atoms with E-state index in [4.69, 9.17) is 9.47 Å². The Balaban J connectivity index is 1.71. The van der Waals surface area contributed by atoms with E-state index in [2.05, 4.69) is 10.3 Å². The lowest BCUT2D eigenvalue weighted by molar-refractivity contribution is 0.155. The maximum atomic E-state index is 15.5. The minimum atomic E-state index is -4.60. The average molecular weight is 563 g/mol. The van der Waals surface area contributed by atoms with Crippen LogP contribution in [-0.2, 0) is 16.6 Å². The smallest absolute Gasteiger partial charge is 0.407 e.